The number of esters is 3. The summed E-state index contributed by atoms with van der Waals surface area (Å²) in [7, 11) is 0. The van der Waals surface area contributed by atoms with Crippen LogP contribution in [-0.4, -0.2) is 37.2 Å². The van der Waals surface area contributed by atoms with Crippen molar-refractivity contribution in [1.82, 2.24) is 0 Å². The van der Waals surface area contributed by atoms with Gasteiger partial charge in [0.25, 0.3) is 0 Å². The summed E-state index contributed by atoms with van der Waals surface area (Å²) in [5, 5.41) is 0. The average molecular weight is 1050 g/mol. The molecular formula is C69H126O6. The largest absolute Gasteiger partial charge is 0.462 e. The zero-order valence-corrected chi connectivity index (χ0v) is 50.3. The third kappa shape index (κ3) is 62.1. The van der Waals surface area contributed by atoms with E-state index in [4.69, 9.17) is 14.2 Å². The molecule has 438 valence electrons. The van der Waals surface area contributed by atoms with Crippen molar-refractivity contribution in [3.8, 4) is 0 Å². The van der Waals surface area contributed by atoms with Gasteiger partial charge in [0.2, 0.25) is 0 Å². The minimum absolute atomic E-state index is 0.0723. The van der Waals surface area contributed by atoms with Gasteiger partial charge in [-0.15, -0.1) is 0 Å². The lowest BCUT2D eigenvalue weighted by molar-refractivity contribution is -0.167. The maximum atomic E-state index is 12.9. The number of rotatable bonds is 61. The number of carbonyl (C=O) groups excluding carboxylic acids is 3. The van der Waals surface area contributed by atoms with Gasteiger partial charge in [-0.3, -0.25) is 14.4 Å². The molecule has 0 spiro atoms. The van der Waals surface area contributed by atoms with E-state index >= 15 is 0 Å². The Morgan fingerprint density at radius 1 is 0.280 bits per heavy atom. The number of hydrogen-bond donors (Lipinski definition) is 0. The Labute approximate surface area is 467 Å². The fourth-order valence-electron chi connectivity index (χ4n) is 9.87. The summed E-state index contributed by atoms with van der Waals surface area (Å²) in [5.41, 5.74) is 0. The third-order valence-corrected chi connectivity index (χ3v) is 14.8. The molecule has 0 bridgehead atoms. The van der Waals surface area contributed by atoms with E-state index in [2.05, 4.69) is 69.4 Å². The van der Waals surface area contributed by atoms with Crippen molar-refractivity contribution in [1.29, 1.82) is 0 Å². The van der Waals surface area contributed by atoms with E-state index in [0.29, 0.717) is 19.3 Å². The second kappa shape index (κ2) is 63.9. The highest BCUT2D eigenvalue weighted by molar-refractivity contribution is 5.71. The first-order chi connectivity index (χ1) is 37.0. The Kier molecular flexibility index (Phi) is 61.7. The average Bonchev–Trinajstić information content (AvgIpc) is 3.41. The lowest BCUT2D eigenvalue weighted by Gasteiger charge is -2.18. The van der Waals surface area contributed by atoms with Gasteiger partial charge in [-0.2, -0.15) is 0 Å². The van der Waals surface area contributed by atoms with Gasteiger partial charge in [0.05, 0.1) is 0 Å². The second-order valence-corrected chi connectivity index (χ2v) is 22.4. The van der Waals surface area contributed by atoms with Crippen molar-refractivity contribution < 1.29 is 28.6 Å². The summed E-state index contributed by atoms with van der Waals surface area (Å²) in [5.74, 6) is -0.858. The molecule has 0 aliphatic carbocycles. The van der Waals surface area contributed by atoms with E-state index in [-0.39, 0.29) is 31.1 Å². The molecule has 1 atom stereocenters. The first-order valence-electron chi connectivity index (χ1n) is 33.1. The van der Waals surface area contributed by atoms with Crippen LogP contribution >= 0.6 is 0 Å². The highest BCUT2D eigenvalue weighted by atomic mass is 16.6. The zero-order chi connectivity index (χ0) is 54.3. The Bertz CT molecular complexity index is 1300. The molecule has 0 aliphatic rings. The molecule has 0 fully saturated rings. The van der Waals surface area contributed by atoms with Crippen molar-refractivity contribution in [2.75, 3.05) is 13.2 Å². The second-order valence-electron chi connectivity index (χ2n) is 22.4. The van der Waals surface area contributed by atoms with Crippen LogP contribution in [0.5, 0.6) is 0 Å². The molecule has 0 heterocycles. The summed E-state index contributed by atoms with van der Waals surface area (Å²) in [6.45, 7) is 6.59. The van der Waals surface area contributed by atoms with Crippen LogP contribution in [0.15, 0.2) is 48.6 Å². The van der Waals surface area contributed by atoms with E-state index in [1.807, 2.05) is 0 Å². The summed E-state index contributed by atoms with van der Waals surface area (Å²) in [4.78, 5) is 38.4. The molecule has 1 unspecified atom stereocenters. The first-order valence-corrected chi connectivity index (χ1v) is 33.1. The molecule has 0 saturated carbocycles. The van der Waals surface area contributed by atoms with Crippen molar-refractivity contribution >= 4 is 17.9 Å². The number of unbranched alkanes of at least 4 members (excludes halogenated alkanes) is 42. The molecular weight excluding hydrogens is 925 g/mol. The minimum Gasteiger partial charge on any atom is -0.462 e. The van der Waals surface area contributed by atoms with Crippen LogP contribution in [-0.2, 0) is 28.6 Å². The molecule has 0 N–H and O–H groups in total. The maximum absolute atomic E-state index is 12.9. The van der Waals surface area contributed by atoms with Gasteiger partial charge in [-0.25, -0.2) is 0 Å². The summed E-state index contributed by atoms with van der Waals surface area (Å²) in [6, 6.07) is 0. The van der Waals surface area contributed by atoms with Crippen molar-refractivity contribution in [3.63, 3.8) is 0 Å². The van der Waals surface area contributed by atoms with Crippen LogP contribution in [0.1, 0.15) is 355 Å². The summed E-state index contributed by atoms with van der Waals surface area (Å²) in [6.07, 6.45) is 79.7. The van der Waals surface area contributed by atoms with Crippen molar-refractivity contribution in [2.45, 2.75) is 361 Å². The molecule has 0 amide bonds. The predicted molar refractivity (Wildman–Crippen MR) is 325 cm³/mol. The van der Waals surface area contributed by atoms with Crippen LogP contribution in [0.25, 0.3) is 0 Å². The maximum Gasteiger partial charge on any atom is 0.306 e. The molecule has 0 aromatic carbocycles. The molecule has 0 aliphatic heterocycles. The van der Waals surface area contributed by atoms with Gasteiger partial charge >= 0.3 is 17.9 Å². The molecule has 0 radical (unpaired) electrons. The Hall–Kier alpha value is -2.63. The molecule has 6 nitrogen and oxygen atoms in total. The monoisotopic (exact) mass is 1050 g/mol. The normalized spacial score (nSPS) is 12.3. The Morgan fingerprint density at radius 3 is 0.827 bits per heavy atom. The Balaban J connectivity index is 4.34. The fraction of sp³-hybridized carbons (Fsp3) is 0.841. The number of carbonyl (C=O) groups is 3. The van der Waals surface area contributed by atoms with Gasteiger partial charge in [0.1, 0.15) is 13.2 Å². The van der Waals surface area contributed by atoms with E-state index in [1.165, 1.54) is 238 Å². The topological polar surface area (TPSA) is 78.9 Å². The third-order valence-electron chi connectivity index (χ3n) is 14.8. The van der Waals surface area contributed by atoms with Crippen LogP contribution in [0, 0.1) is 0 Å². The molecule has 0 aromatic rings. The number of hydrogen-bond acceptors (Lipinski definition) is 6. The minimum atomic E-state index is -0.777. The molecule has 0 saturated heterocycles. The van der Waals surface area contributed by atoms with Crippen molar-refractivity contribution in [2.24, 2.45) is 0 Å². The van der Waals surface area contributed by atoms with Gasteiger partial charge in [0.15, 0.2) is 6.10 Å². The van der Waals surface area contributed by atoms with Gasteiger partial charge in [-0.1, -0.05) is 307 Å². The van der Waals surface area contributed by atoms with E-state index in [0.717, 1.165) is 77.0 Å². The SMILES string of the molecule is CC/C=C\C/C=C\C/C=C\CCCCCCCCCCCC(=O)OCC(COC(=O)CCCCCCCCCCCCCCCCCCCCC)OC(=O)CCCCCCCCC/C=C\CCCCCCCCCC. The number of allylic oxidation sites excluding steroid dienone is 8. The van der Waals surface area contributed by atoms with Gasteiger partial charge in [0, 0.05) is 19.3 Å². The first kappa shape index (κ1) is 72.4. The molecule has 75 heavy (non-hydrogen) atoms. The highest BCUT2D eigenvalue weighted by Gasteiger charge is 2.19. The smallest absolute Gasteiger partial charge is 0.306 e. The van der Waals surface area contributed by atoms with Crippen LogP contribution in [0.4, 0.5) is 0 Å². The standard InChI is InChI=1S/C69H126O6/c1-4-7-10-13-16-19-22-25-28-31-34-37-40-43-46-49-52-55-58-61-67(70)73-64-66(75-69(72)63-60-57-54-51-48-45-42-39-36-33-30-27-24-21-18-15-12-9-6-3)65-74-68(71)62-59-56-53-50-47-44-41-38-35-32-29-26-23-20-17-14-11-8-5-2/h7,10,16,19,25,28,33,36,66H,4-6,8-9,11-15,17-18,20-24,26-27,29-32,34-35,37-65H2,1-3H3/b10-7-,19-16-,28-25-,36-33-. The van der Waals surface area contributed by atoms with Crippen LogP contribution in [0.3, 0.4) is 0 Å². The fourth-order valence-corrected chi connectivity index (χ4v) is 9.87. The predicted octanol–water partition coefficient (Wildman–Crippen LogP) is 22.6. The Morgan fingerprint density at radius 2 is 0.520 bits per heavy atom. The zero-order valence-electron chi connectivity index (χ0n) is 50.3. The lowest BCUT2D eigenvalue weighted by atomic mass is 10.0. The van der Waals surface area contributed by atoms with E-state index in [9.17, 15) is 14.4 Å². The molecule has 6 heteroatoms. The lowest BCUT2D eigenvalue weighted by Crippen LogP contribution is -2.30. The van der Waals surface area contributed by atoms with Crippen molar-refractivity contribution in [3.05, 3.63) is 48.6 Å². The van der Waals surface area contributed by atoms with Crippen LogP contribution in [0.2, 0.25) is 0 Å². The summed E-state index contributed by atoms with van der Waals surface area (Å²) >= 11 is 0. The van der Waals surface area contributed by atoms with E-state index < -0.39 is 6.10 Å². The van der Waals surface area contributed by atoms with Gasteiger partial charge < -0.3 is 14.2 Å². The van der Waals surface area contributed by atoms with Crippen LogP contribution < -0.4 is 0 Å². The summed E-state index contributed by atoms with van der Waals surface area (Å²) < 4.78 is 17.0. The quantitative estimate of drug-likeness (QED) is 0.0261. The molecule has 0 rings (SSSR count). The number of ether oxygens (including phenoxy) is 3. The van der Waals surface area contributed by atoms with Gasteiger partial charge in [-0.05, 0) is 77.0 Å². The highest BCUT2D eigenvalue weighted by Crippen LogP contribution is 2.18. The molecule has 0 aromatic heterocycles. The van der Waals surface area contributed by atoms with E-state index in [1.54, 1.807) is 0 Å².